The molecule has 1 heterocycles. The molecular weight excluding hydrogens is 579 g/mol. The maximum atomic E-state index is 2.37. The molecule has 0 aliphatic heterocycles. The van der Waals surface area contributed by atoms with Crippen LogP contribution in [-0.4, -0.2) is 4.57 Å². The predicted octanol–water partition coefficient (Wildman–Crippen LogP) is 12.5. The summed E-state index contributed by atoms with van der Waals surface area (Å²) in [7, 11) is 0. The lowest BCUT2D eigenvalue weighted by Crippen LogP contribution is -2.04. The summed E-state index contributed by atoms with van der Waals surface area (Å²) in [5.74, 6) is 0.0984. The Kier molecular flexibility index (Phi) is 6.95. The topological polar surface area (TPSA) is 4.93 Å². The smallest absolute Gasteiger partial charge is 0.0541 e. The highest BCUT2D eigenvalue weighted by Gasteiger charge is 2.20. The molecule has 0 aliphatic carbocycles. The molecule has 9 aromatic rings. The molecule has 48 heavy (non-hydrogen) atoms. The van der Waals surface area contributed by atoms with E-state index in [2.05, 4.69) is 199 Å². The van der Waals surface area contributed by atoms with Crippen molar-refractivity contribution >= 4 is 32.6 Å². The molecule has 1 atom stereocenters. The minimum absolute atomic E-state index is 0.0984. The highest BCUT2D eigenvalue weighted by Crippen LogP contribution is 2.39. The Morgan fingerprint density at radius 2 is 0.854 bits per heavy atom. The number of rotatable bonds is 6. The zero-order valence-corrected chi connectivity index (χ0v) is 26.5. The fourth-order valence-electron chi connectivity index (χ4n) is 7.43. The first-order valence-corrected chi connectivity index (χ1v) is 16.6. The van der Waals surface area contributed by atoms with Crippen molar-refractivity contribution in [2.75, 3.05) is 0 Å². The van der Waals surface area contributed by atoms with Gasteiger partial charge in [0.25, 0.3) is 0 Å². The first-order valence-electron chi connectivity index (χ1n) is 16.6. The molecule has 0 fully saturated rings. The first-order chi connectivity index (χ1) is 23.8. The number of para-hydroxylation sites is 2. The van der Waals surface area contributed by atoms with Gasteiger partial charge in [0.2, 0.25) is 0 Å². The van der Waals surface area contributed by atoms with Crippen molar-refractivity contribution in [1.29, 1.82) is 0 Å². The lowest BCUT2D eigenvalue weighted by Gasteiger charge is -2.22. The average molecular weight is 612 g/mol. The van der Waals surface area contributed by atoms with Crippen LogP contribution in [0, 0.1) is 0 Å². The number of aromatic nitrogens is 1. The van der Waals surface area contributed by atoms with Gasteiger partial charge < -0.3 is 4.57 Å². The van der Waals surface area contributed by atoms with E-state index in [0.717, 1.165) is 0 Å². The molecule has 0 N–H and O–H groups in total. The third-order valence-corrected chi connectivity index (χ3v) is 9.75. The van der Waals surface area contributed by atoms with Gasteiger partial charge in [-0.15, -0.1) is 0 Å². The van der Waals surface area contributed by atoms with Gasteiger partial charge >= 0.3 is 0 Å². The van der Waals surface area contributed by atoms with E-state index in [1.165, 1.54) is 77.2 Å². The van der Waals surface area contributed by atoms with E-state index in [-0.39, 0.29) is 5.92 Å². The van der Waals surface area contributed by atoms with E-state index in [1.807, 2.05) is 0 Å². The van der Waals surface area contributed by atoms with E-state index in [0.29, 0.717) is 0 Å². The van der Waals surface area contributed by atoms with Gasteiger partial charge in [0.15, 0.2) is 0 Å². The summed E-state index contributed by atoms with van der Waals surface area (Å²) >= 11 is 0. The van der Waals surface area contributed by atoms with Crippen molar-refractivity contribution < 1.29 is 0 Å². The Labute approximate surface area is 281 Å². The summed E-state index contributed by atoms with van der Waals surface area (Å²) in [6, 6.07) is 70.7. The minimum Gasteiger partial charge on any atom is -0.309 e. The zero-order valence-electron chi connectivity index (χ0n) is 26.5. The molecule has 0 saturated carbocycles. The standard InChI is InChI=1S/C47H33N/c1-3-12-33(13-4-1)34-22-26-37(27-23-34)47(43-20-11-15-36-14-7-8-18-41(36)43)38-28-24-35(25-29-38)39-30-31-46-44(32-39)42-19-9-10-21-45(42)48(46)40-16-5-2-6-17-40/h1-32,47H/t47-/m1/s1. The predicted molar refractivity (Wildman–Crippen MR) is 203 cm³/mol. The lowest BCUT2D eigenvalue weighted by atomic mass is 9.82. The van der Waals surface area contributed by atoms with Gasteiger partial charge in [0.1, 0.15) is 0 Å². The summed E-state index contributed by atoms with van der Waals surface area (Å²) in [5, 5.41) is 5.09. The molecule has 1 heteroatoms. The minimum atomic E-state index is 0.0984. The highest BCUT2D eigenvalue weighted by atomic mass is 15.0. The molecule has 0 aliphatic rings. The Bertz CT molecular complexity index is 2520. The molecule has 1 aromatic heterocycles. The number of hydrogen-bond acceptors (Lipinski definition) is 0. The maximum absolute atomic E-state index is 2.37. The molecule has 0 spiro atoms. The molecular formula is C47H33N. The number of fused-ring (bicyclic) bond motifs is 4. The molecule has 0 unspecified atom stereocenters. The first kappa shape index (κ1) is 28.1. The van der Waals surface area contributed by atoms with Crippen molar-refractivity contribution in [3.05, 3.63) is 211 Å². The number of hydrogen-bond donors (Lipinski definition) is 0. The molecule has 0 saturated heterocycles. The molecule has 8 aromatic carbocycles. The van der Waals surface area contributed by atoms with Crippen LogP contribution in [0.4, 0.5) is 0 Å². The summed E-state index contributed by atoms with van der Waals surface area (Å²) < 4.78 is 2.37. The Balaban J connectivity index is 1.14. The summed E-state index contributed by atoms with van der Waals surface area (Å²) in [6.45, 7) is 0. The average Bonchev–Trinajstić information content (AvgIpc) is 3.50. The van der Waals surface area contributed by atoms with Crippen LogP contribution in [0.25, 0.3) is 60.5 Å². The van der Waals surface area contributed by atoms with Crippen LogP contribution < -0.4 is 0 Å². The van der Waals surface area contributed by atoms with Gasteiger partial charge in [-0.2, -0.15) is 0 Å². The van der Waals surface area contributed by atoms with Crippen LogP contribution in [0.5, 0.6) is 0 Å². The number of nitrogens with zero attached hydrogens (tertiary/aromatic N) is 1. The van der Waals surface area contributed by atoms with E-state index in [4.69, 9.17) is 0 Å². The van der Waals surface area contributed by atoms with Crippen molar-refractivity contribution in [2.24, 2.45) is 0 Å². The largest absolute Gasteiger partial charge is 0.309 e. The van der Waals surface area contributed by atoms with Crippen LogP contribution in [-0.2, 0) is 0 Å². The van der Waals surface area contributed by atoms with Gasteiger partial charge in [-0.1, -0.05) is 164 Å². The quantitative estimate of drug-likeness (QED) is 0.165. The van der Waals surface area contributed by atoms with Crippen LogP contribution in [0.2, 0.25) is 0 Å². The molecule has 226 valence electrons. The van der Waals surface area contributed by atoms with E-state index >= 15 is 0 Å². The fourth-order valence-corrected chi connectivity index (χ4v) is 7.43. The van der Waals surface area contributed by atoms with E-state index in [1.54, 1.807) is 0 Å². The third-order valence-electron chi connectivity index (χ3n) is 9.75. The van der Waals surface area contributed by atoms with Gasteiger partial charge in [-0.25, -0.2) is 0 Å². The Morgan fingerprint density at radius 1 is 0.333 bits per heavy atom. The van der Waals surface area contributed by atoms with E-state index < -0.39 is 0 Å². The van der Waals surface area contributed by atoms with Crippen molar-refractivity contribution in [2.45, 2.75) is 5.92 Å². The summed E-state index contributed by atoms with van der Waals surface area (Å²) in [6.07, 6.45) is 0. The molecule has 1 nitrogen and oxygen atoms in total. The SMILES string of the molecule is c1ccc(-c2ccc([C@H](c3ccc(-c4ccc5c(c4)c4ccccc4n5-c4ccccc4)cc3)c3cccc4ccccc34)cc2)cc1. The van der Waals surface area contributed by atoms with Gasteiger partial charge in [0.05, 0.1) is 11.0 Å². The molecule has 0 radical (unpaired) electrons. The van der Waals surface area contributed by atoms with Crippen molar-refractivity contribution in [1.82, 2.24) is 4.57 Å². The molecule has 0 bridgehead atoms. The van der Waals surface area contributed by atoms with E-state index in [9.17, 15) is 0 Å². The zero-order chi connectivity index (χ0) is 31.9. The Morgan fingerprint density at radius 3 is 1.58 bits per heavy atom. The van der Waals surface area contributed by atoms with Crippen LogP contribution in [0.1, 0.15) is 22.6 Å². The normalized spacial score (nSPS) is 12.1. The monoisotopic (exact) mass is 611 g/mol. The number of benzene rings is 8. The van der Waals surface area contributed by atoms with Crippen LogP contribution >= 0.6 is 0 Å². The highest BCUT2D eigenvalue weighted by molar-refractivity contribution is 6.10. The molecule has 0 amide bonds. The fraction of sp³-hybridized carbons (Fsp3) is 0.0213. The second-order valence-electron chi connectivity index (χ2n) is 12.5. The molecule has 9 rings (SSSR count). The second-order valence-corrected chi connectivity index (χ2v) is 12.5. The van der Waals surface area contributed by atoms with Crippen molar-refractivity contribution in [3.63, 3.8) is 0 Å². The summed E-state index contributed by atoms with van der Waals surface area (Å²) in [5.41, 5.74) is 12.4. The van der Waals surface area contributed by atoms with Gasteiger partial charge in [-0.05, 0) is 80.0 Å². The van der Waals surface area contributed by atoms with Gasteiger partial charge in [0, 0.05) is 22.4 Å². The maximum Gasteiger partial charge on any atom is 0.0541 e. The van der Waals surface area contributed by atoms with Crippen molar-refractivity contribution in [3.8, 4) is 27.9 Å². The Hall–Kier alpha value is -6.18. The second kappa shape index (κ2) is 11.9. The summed E-state index contributed by atoms with van der Waals surface area (Å²) in [4.78, 5) is 0. The third kappa shape index (κ3) is 4.89. The lowest BCUT2D eigenvalue weighted by molar-refractivity contribution is 0.990. The van der Waals surface area contributed by atoms with Crippen LogP contribution in [0.3, 0.4) is 0 Å². The van der Waals surface area contributed by atoms with Gasteiger partial charge in [-0.3, -0.25) is 0 Å². The van der Waals surface area contributed by atoms with Crippen LogP contribution in [0.15, 0.2) is 194 Å².